The first-order valence-electron chi connectivity index (χ1n) is 3.78. The van der Waals surface area contributed by atoms with E-state index in [0.717, 1.165) is 18.5 Å². The van der Waals surface area contributed by atoms with Crippen molar-refractivity contribution in [1.82, 2.24) is 5.32 Å². The predicted octanol–water partition coefficient (Wildman–Crippen LogP) is -0.0585. The lowest BCUT2D eigenvalue weighted by Crippen LogP contribution is -2.44. The summed E-state index contributed by atoms with van der Waals surface area (Å²) in [7, 11) is 0. The third-order valence-corrected chi connectivity index (χ3v) is 2.99. The van der Waals surface area contributed by atoms with Crippen molar-refractivity contribution < 1.29 is 0 Å². The standard InChI is InChI=1S/C7H14N2/c1-4-6-2-5(3-9-6)7(4)8/h4-7,9H,2-3,8H2,1H3/t4-,5+,6+,7+/m0/s1. The molecule has 2 rings (SSSR count). The summed E-state index contributed by atoms with van der Waals surface area (Å²) >= 11 is 0. The number of hydrogen-bond donors (Lipinski definition) is 2. The van der Waals surface area contributed by atoms with Gasteiger partial charge in [-0.05, 0) is 24.8 Å². The van der Waals surface area contributed by atoms with Crippen molar-refractivity contribution in [1.29, 1.82) is 0 Å². The van der Waals surface area contributed by atoms with Gasteiger partial charge >= 0.3 is 0 Å². The maximum atomic E-state index is 5.92. The van der Waals surface area contributed by atoms with Crippen LogP contribution in [0.4, 0.5) is 0 Å². The van der Waals surface area contributed by atoms with Crippen molar-refractivity contribution in [2.24, 2.45) is 17.6 Å². The van der Waals surface area contributed by atoms with E-state index in [9.17, 15) is 0 Å². The second-order valence-electron chi connectivity index (χ2n) is 3.45. The first-order valence-corrected chi connectivity index (χ1v) is 3.78. The summed E-state index contributed by atoms with van der Waals surface area (Å²) in [5, 5.41) is 3.46. The Morgan fingerprint density at radius 2 is 2.33 bits per heavy atom. The van der Waals surface area contributed by atoms with Gasteiger partial charge in [0, 0.05) is 12.1 Å². The van der Waals surface area contributed by atoms with Gasteiger partial charge in [-0.15, -0.1) is 0 Å². The van der Waals surface area contributed by atoms with Crippen LogP contribution in [0, 0.1) is 11.8 Å². The van der Waals surface area contributed by atoms with E-state index in [2.05, 4.69) is 12.2 Å². The summed E-state index contributed by atoms with van der Waals surface area (Å²) in [6, 6.07) is 1.22. The van der Waals surface area contributed by atoms with Crippen LogP contribution < -0.4 is 11.1 Å². The summed E-state index contributed by atoms with van der Waals surface area (Å²) in [6.45, 7) is 3.41. The molecule has 2 fully saturated rings. The quantitative estimate of drug-likeness (QED) is 0.477. The zero-order valence-electron chi connectivity index (χ0n) is 5.80. The predicted molar refractivity (Wildman–Crippen MR) is 37.0 cm³/mol. The Labute approximate surface area is 55.8 Å². The normalized spacial score (nSPS) is 56.7. The summed E-state index contributed by atoms with van der Waals surface area (Å²) in [6.07, 6.45) is 1.32. The Kier molecular flexibility index (Phi) is 1.08. The minimum absolute atomic E-state index is 0.483. The van der Waals surface area contributed by atoms with Crippen LogP contribution in [0.25, 0.3) is 0 Å². The van der Waals surface area contributed by atoms with E-state index in [1.165, 1.54) is 6.42 Å². The second-order valence-corrected chi connectivity index (χ2v) is 3.45. The SMILES string of the molecule is C[C@@H]1[C@@H](N)[C@H]2CN[C@@H]1C2. The zero-order valence-corrected chi connectivity index (χ0v) is 5.80. The Morgan fingerprint density at radius 3 is 2.67 bits per heavy atom. The molecule has 52 valence electrons. The Bertz CT molecular complexity index is 106. The molecule has 1 saturated carbocycles. The van der Waals surface area contributed by atoms with Crippen molar-refractivity contribution in [3.8, 4) is 0 Å². The van der Waals surface area contributed by atoms with Gasteiger partial charge in [0.05, 0.1) is 0 Å². The molecule has 2 nitrogen and oxygen atoms in total. The number of fused-ring (bicyclic) bond motifs is 2. The molecule has 1 heterocycles. The van der Waals surface area contributed by atoms with Crippen LogP contribution >= 0.6 is 0 Å². The summed E-state index contributed by atoms with van der Waals surface area (Å²) in [4.78, 5) is 0. The Morgan fingerprint density at radius 1 is 1.56 bits per heavy atom. The average Bonchev–Trinajstić information content (AvgIpc) is 2.37. The third-order valence-electron chi connectivity index (χ3n) is 2.99. The van der Waals surface area contributed by atoms with Gasteiger partial charge in [0.15, 0.2) is 0 Å². The molecule has 4 atom stereocenters. The number of nitrogens with two attached hydrogens (primary N) is 1. The van der Waals surface area contributed by atoms with Gasteiger partial charge in [-0.2, -0.15) is 0 Å². The molecule has 0 radical (unpaired) electrons. The molecule has 0 aromatic carbocycles. The van der Waals surface area contributed by atoms with Crippen LogP contribution in [0.1, 0.15) is 13.3 Å². The molecule has 2 aliphatic rings. The summed E-state index contributed by atoms with van der Waals surface area (Å²) < 4.78 is 0. The van der Waals surface area contributed by atoms with Crippen LogP contribution in [0.3, 0.4) is 0 Å². The first-order chi connectivity index (χ1) is 4.29. The van der Waals surface area contributed by atoms with Gasteiger partial charge in [-0.1, -0.05) is 6.92 Å². The molecule has 0 amide bonds. The van der Waals surface area contributed by atoms with Gasteiger partial charge in [0.2, 0.25) is 0 Å². The highest BCUT2D eigenvalue weighted by atomic mass is 15.0. The highest BCUT2D eigenvalue weighted by Crippen LogP contribution is 2.34. The van der Waals surface area contributed by atoms with Gasteiger partial charge in [-0.25, -0.2) is 0 Å². The largest absolute Gasteiger partial charge is 0.327 e. The smallest absolute Gasteiger partial charge is 0.0120 e. The molecule has 1 aliphatic heterocycles. The van der Waals surface area contributed by atoms with E-state index in [-0.39, 0.29) is 0 Å². The van der Waals surface area contributed by atoms with E-state index < -0.39 is 0 Å². The average molecular weight is 126 g/mol. The topological polar surface area (TPSA) is 38.0 Å². The fourth-order valence-corrected chi connectivity index (χ4v) is 2.19. The van der Waals surface area contributed by atoms with Gasteiger partial charge in [0.1, 0.15) is 0 Å². The van der Waals surface area contributed by atoms with Crippen LogP contribution in [-0.2, 0) is 0 Å². The minimum atomic E-state index is 0.483. The monoisotopic (exact) mass is 126 g/mol. The first kappa shape index (κ1) is 5.69. The fraction of sp³-hybridized carbons (Fsp3) is 1.00. The van der Waals surface area contributed by atoms with E-state index in [1.807, 2.05) is 0 Å². The van der Waals surface area contributed by atoms with E-state index in [1.54, 1.807) is 0 Å². The molecule has 0 unspecified atom stereocenters. The maximum Gasteiger partial charge on any atom is 0.0120 e. The van der Waals surface area contributed by atoms with Crippen LogP contribution in [-0.4, -0.2) is 18.6 Å². The van der Waals surface area contributed by atoms with Crippen LogP contribution in [0.15, 0.2) is 0 Å². The Hall–Kier alpha value is -0.0800. The van der Waals surface area contributed by atoms with E-state index in [4.69, 9.17) is 5.73 Å². The number of hydrogen-bond acceptors (Lipinski definition) is 2. The summed E-state index contributed by atoms with van der Waals surface area (Å²) in [5.74, 6) is 1.49. The lowest BCUT2D eigenvalue weighted by atomic mass is 9.96. The maximum absolute atomic E-state index is 5.92. The molecule has 1 aliphatic carbocycles. The fourth-order valence-electron chi connectivity index (χ4n) is 2.19. The van der Waals surface area contributed by atoms with Crippen molar-refractivity contribution in [2.75, 3.05) is 6.54 Å². The van der Waals surface area contributed by atoms with Gasteiger partial charge in [-0.3, -0.25) is 0 Å². The minimum Gasteiger partial charge on any atom is -0.327 e. The molecule has 2 bridgehead atoms. The van der Waals surface area contributed by atoms with Gasteiger partial charge < -0.3 is 11.1 Å². The summed E-state index contributed by atoms with van der Waals surface area (Å²) in [5.41, 5.74) is 5.92. The highest BCUT2D eigenvalue weighted by molar-refractivity contribution is 5.01. The molecule has 0 aromatic rings. The molecular weight excluding hydrogens is 112 g/mol. The van der Waals surface area contributed by atoms with Crippen molar-refractivity contribution >= 4 is 0 Å². The van der Waals surface area contributed by atoms with Crippen molar-refractivity contribution in [3.63, 3.8) is 0 Å². The lowest BCUT2D eigenvalue weighted by Gasteiger charge is -2.25. The molecule has 0 aromatic heterocycles. The molecule has 1 saturated heterocycles. The van der Waals surface area contributed by atoms with Crippen LogP contribution in [0.5, 0.6) is 0 Å². The van der Waals surface area contributed by atoms with Crippen molar-refractivity contribution in [2.45, 2.75) is 25.4 Å². The molecule has 2 heteroatoms. The van der Waals surface area contributed by atoms with Crippen LogP contribution in [0.2, 0.25) is 0 Å². The third kappa shape index (κ3) is 0.634. The van der Waals surface area contributed by atoms with Crippen molar-refractivity contribution in [3.05, 3.63) is 0 Å². The second kappa shape index (κ2) is 1.70. The lowest BCUT2D eigenvalue weighted by molar-refractivity contribution is 0.338. The molecule has 9 heavy (non-hydrogen) atoms. The van der Waals surface area contributed by atoms with E-state index in [0.29, 0.717) is 12.0 Å². The molecule has 3 N–H and O–H groups in total. The number of nitrogens with one attached hydrogen (secondary N) is 1. The molecule has 0 spiro atoms. The number of piperidine rings is 1. The Balaban J connectivity index is 2.15. The number of rotatable bonds is 0. The highest BCUT2D eigenvalue weighted by Gasteiger charge is 2.42. The zero-order chi connectivity index (χ0) is 6.43. The molecular formula is C7H14N2. The van der Waals surface area contributed by atoms with E-state index >= 15 is 0 Å². The van der Waals surface area contributed by atoms with Gasteiger partial charge in [0.25, 0.3) is 0 Å².